The first kappa shape index (κ1) is 23.3. The fourth-order valence-electron chi connectivity index (χ4n) is 2.94. The van der Waals surface area contributed by atoms with E-state index in [-0.39, 0.29) is 30.0 Å². The topological polar surface area (TPSA) is 112 Å². The molecule has 10 nitrogen and oxygen atoms in total. The zero-order chi connectivity index (χ0) is 23.8. The van der Waals surface area contributed by atoms with Gasteiger partial charge in [-0.15, -0.1) is 0 Å². The summed E-state index contributed by atoms with van der Waals surface area (Å²) in [6, 6.07) is 0. The number of nitrogens with zero attached hydrogens (tertiary/aromatic N) is 6. The monoisotopic (exact) mass is 472 g/mol. The summed E-state index contributed by atoms with van der Waals surface area (Å²) in [4.78, 5) is 25.1. The zero-order valence-corrected chi connectivity index (χ0v) is 18.3. The van der Waals surface area contributed by atoms with Crippen LogP contribution in [0.2, 0.25) is 5.02 Å². The van der Waals surface area contributed by atoms with Gasteiger partial charge in [0.25, 0.3) is 5.91 Å². The molecule has 0 unspecified atom stereocenters. The second-order valence-electron chi connectivity index (χ2n) is 7.02. The van der Waals surface area contributed by atoms with Gasteiger partial charge in [-0.05, 0) is 13.8 Å². The van der Waals surface area contributed by atoms with Gasteiger partial charge in [0.15, 0.2) is 5.69 Å². The Labute approximate surface area is 185 Å². The van der Waals surface area contributed by atoms with Crippen LogP contribution in [0.5, 0.6) is 0 Å². The molecule has 0 radical (unpaired) electrons. The Morgan fingerprint density at radius 1 is 1.03 bits per heavy atom. The van der Waals surface area contributed by atoms with Gasteiger partial charge in [0.1, 0.15) is 5.69 Å². The maximum Gasteiger partial charge on any atom is 0.436 e. The minimum atomic E-state index is -4.69. The molecule has 0 aliphatic rings. The number of aryl methyl sites for hydroxylation is 3. The number of carbonyl (C=O) groups is 2. The maximum atomic E-state index is 12.9. The van der Waals surface area contributed by atoms with Crippen molar-refractivity contribution in [2.75, 3.05) is 10.6 Å². The van der Waals surface area contributed by atoms with Crippen molar-refractivity contribution in [2.45, 2.75) is 33.0 Å². The van der Waals surface area contributed by atoms with Gasteiger partial charge in [0.2, 0.25) is 5.91 Å². The van der Waals surface area contributed by atoms with E-state index in [0.29, 0.717) is 5.69 Å². The largest absolute Gasteiger partial charge is 0.436 e. The lowest BCUT2D eigenvalue weighted by molar-refractivity contribution is -0.141. The zero-order valence-electron chi connectivity index (χ0n) is 17.6. The lowest BCUT2D eigenvalue weighted by Crippen LogP contribution is -2.21. The first-order valence-electron chi connectivity index (χ1n) is 9.32. The van der Waals surface area contributed by atoms with Crippen molar-refractivity contribution in [3.63, 3.8) is 0 Å². The van der Waals surface area contributed by atoms with Crippen molar-refractivity contribution >= 4 is 34.8 Å². The molecule has 0 bridgehead atoms. The van der Waals surface area contributed by atoms with E-state index < -0.39 is 28.7 Å². The summed E-state index contributed by atoms with van der Waals surface area (Å²) in [7, 11) is 3.27. The molecule has 3 heterocycles. The molecule has 0 saturated carbocycles. The number of rotatable bonds is 6. The Balaban J connectivity index is 1.69. The first-order valence-corrected chi connectivity index (χ1v) is 9.69. The van der Waals surface area contributed by atoms with E-state index in [1.807, 2.05) is 0 Å². The highest BCUT2D eigenvalue weighted by atomic mass is 35.5. The van der Waals surface area contributed by atoms with E-state index in [1.54, 1.807) is 18.7 Å². The summed E-state index contributed by atoms with van der Waals surface area (Å²) in [5.74, 6) is -1.05. The van der Waals surface area contributed by atoms with Crippen molar-refractivity contribution in [3.8, 4) is 0 Å². The average molecular weight is 473 g/mol. The lowest BCUT2D eigenvalue weighted by atomic mass is 10.3. The molecular weight excluding hydrogens is 453 g/mol. The lowest BCUT2D eigenvalue weighted by Gasteiger charge is -2.09. The van der Waals surface area contributed by atoms with Crippen LogP contribution in [0, 0.1) is 13.8 Å². The molecule has 2 amide bonds. The Morgan fingerprint density at radius 2 is 1.66 bits per heavy atom. The quantitative estimate of drug-likeness (QED) is 0.573. The molecule has 3 rings (SSSR count). The number of hydrogen-bond acceptors (Lipinski definition) is 5. The highest BCUT2D eigenvalue weighted by Gasteiger charge is 2.38. The highest BCUT2D eigenvalue weighted by molar-refractivity contribution is 6.31. The van der Waals surface area contributed by atoms with Gasteiger partial charge in [0, 0.05) is 20.5 Å². The summed E-state index contributed by atoms with van der Waals surface area (Å²) in [5.41, 5.74) is 0.385. The Kier molecular flexibility index (Phi) is 6.30. The number of aromatic nitrogens is 6. The number of nitrogens with one attached hydrogen (secondary N) is 2. The molecular formula is C18H20ClF3N8O2. The summed E-state index contributed by atoms with van der Waals surface area (Å²) in [5, 5.41) is 16.3. The predicted octanol–water partition coefficient (Wildman–Crippen LogP) is 2.92. The van der Waals surface area contributed by atoms with Gasteiger partial charge in [-0.2, -0.15) is 28.5 Å². The van der Waals surface area contributed by atoms with Crippen LogP contribution in [0.25, 0.3) is 0 Å². The molecule has 2 N–H and O–H groups in total. The molecule has 0 aliphatic carbocycles. The van der Waals surface area contributed by atoms with Crippen LogP contribution in [0.3, 0.4) is 0 Å². The van der Waals surface area contributed by atoms with E-state index in [2.05, 4.69) is 25.9 Å². The second kappa shape index (κ2) is 8.65. The van der Waals surface area contributed by atoms with Crippen LogP contribution in [0.1, 0.15) is 34.0 Å². The summed E-state index contributed by atoms with van der Waals surface area (Å²) < 4.78 is 42.7. The molecule has 14 heteroatoms. The maximum absolute atomic E-state index is 12.9. The Hall–Kier alpha value is -3.35. The summed E-state index contributed by atoms with van der Waals surface area (Å²) in [6.07, 6.45) is -2.09. The Bertz CT molecular complexity index is 1180. The number of hydrogen-bond donors (Lipinski definition) is 2. The normalized spacial score (nSPS) is 11.6. The van der Waals surface area contributed by atoms with E-state index >= 15 is 0 Å². The Morgan fingerprint density at radius 3 is 2.22 bits per heavy atom. The minimum absolute atomic E-state index is 0.0966. The third kappa shape index (κ3) is 4.61. The fourth-order valence-corrected chi connectivity index (χ4v) is 3.19. The van der Waals surface area contributed by atoms with Gasteiger partial charge < -0.3 is 10.6 Å². The van der Waals surface area contributed by atoms with Gasteiger partial charge >= 0.3 is 6.18 Å². The molecule has 0 aliphatic heterocycles. The van der Waals surface area contributed by atoms with E-state index in [9.17, 15) is 22.8 Å². The third-order valence-corrected chi connectivity index (χ3v) is 5.32. The van der Waals surface area contributed by atoms with E-state index in [1.165, 1.54) is 31.0 Å². The number of carbonyl (C=O) groups excluding carboxylic acids is 2. The molecule has 172 valence electrons. The van der Waals surface area contributed by atoms with Gasteiger partial charge in [0.05, 0.1) is 46.7 Å². The second-order valence-corrected chi connectivity index (χ2v) is 7.40. The van der Waals surface area contributed by atoms with Crippen molar-refractivity contribution in [3.05, 3.63) is 40.2 Å². The SMILES string of the molecule is Cc1c(NC(=O)c2c(NC(=O)CCn3nc(C(F)(F)F)c(Cl)c3C)cnn2C)cnn1C. The standard InChI is InChI=1S/C18H20ClF3N8O2/c1-9-11(7-23-28(9)3)26-17(32)15-12(8-24-29(15)4)25-13(31)5-6-30-10(2)14(19)16(27-30)18(20,21)22/h7-8H,5-6H2,1-4H3,(H,25,31)(H,26,32). The van der Waals surface area contributed by atoms with Gasteiger partial charge in [-0.1, -0.05) is 11.6 Å². The number of alkyl halides is 3. The predicted molar refractivity (Wildman–Crippen MR) is 109 cm³/mol. The number of amides is 2. The average Bonchev–Trinajstić information content (AvgIpc) is 3.32. The molecule has 3 aromatic rings. The van der Waals surface area contributed by atoms with E-state index in [0.717, 1.165) is 10.4 Å². The molecule has 0 spiro atoms. The first-order chi connectivity index (χ1) is 14.9. The van der Waals surface area contributed by atoms with Crippen molar-refractivity contribution in [1.82, 2.24) is 29.3 Å². The molecule has 32 heavy (non-hydrogen) atoms. The fraction of sp³-hybridized carbons (Fsp3) is 0.389. The van der Waals surface area contributed by atoms with Crippen LogP contribution >= 0.6 is 11.6 Å². The van der Waals surface area contributed by atoms with Crippen molar-refractivity contribution in [2.24, 2.45) is 14.1 Å². The van der Waals surface area contributed by atoms with Gasteiger partial charge in [-0.25, -0.2) is 0 Å². The van der Waals surface area contributed by atoms with Crippen LogP contribution in [-0.2, 0) is 31.6 Å². The smallest absolute Gasteiger partial charge is 0.323 e. The highest BCUT2D eigenvalue weighted by Crippen LogP contribution is 2.35. The summed E-state index contributed by atoms with van der Waals surface area (Å²) >= 11 is 5.72. The van der Waals surface area contributed by atoms with Gasteiger partial charge in [-0.3, -0.25) is 23.6 Å². The molecule has 0 aromatic carbocycles. The summed E-state index contributed by atoms with van der Waals surface area (Å²) in [6.45, 7) is 3.03. The minimum Gasteiger partial charge on any atom is -0.323 e. The third-order valence-electron chi connectivity index (χ3n) is 4.86. The number of anilines is 2. The van der Waals surface area contributed by atoms with Crippen LogP contribution in [0.15, 0.2) is 12.4 Å². The number of halogens is 4. The van der Waals surface area contributed by atoms with Crippen molar-refractivity contribution in [1.29, 1.82) is 0 Å². The molecule has 3 aromatic heterocycles. The van der Waals surface area contributed by atoms with Crippen LogP contribution in [0.4, 0.5) is 24.5 Å². The molecule has 0 fully saturated rings. The van der Waals surface area contributed by atoms with E-state index in [4.69, 9.17) is 11.6 Å². The molecule has 0 saturated heterocycles. The van der Waals surface area contributed by atoms with Crippen LogP contribution < -0.4 is 10.6 Å². The molecule has 0 atom stereocenters. The van der Waals surface area contributed by atoms with Crippen LogP contribution in [-0.4, -0.2) is 41.2 Å². The van der Waals surface area contributed by atoms with Crippen molar-refractivity contribution < 1.29 is 22.8 Å².